The van der Waals surface area contributed by atoms with Crippen LogP contribution in [0.5, 0.6) is 0 Å². The molecule has 0 radical (unpaired) electrons. The monoisotopic (exact) mass is 432 g/mol. The van der Waals surface area contributed by atoms with E-state index in [-0.39, 0.29) is 34.0 Å². The Balaban J connectivity index is 2.07. The number of carbonyl (C=O) groups is 1. The zero-order valence-electron chi connectivity index (χ0n) is 16.5. The van der Waals surface area contributed by atoms with Gasteiger partial charge in [0.2, 0.25) is 5.43 Å². The summed E-state index contributed by atoms with van der Waals surface area (Å²) in [5, 5.41) is 11.8. The van der Waals surface area contributed by atoms with E-state index in [0.717, 1.165) is 22.9 Å². The van der Waals surface area contributed by atoms with Crippen LogP contribution in [0.1, 0.15) is 16.8 Å². The molecule has 3 aromatic rings. The van der Waals surface area contributed by atoms with Gasteiger partial charge in [-0.2, -0.15) is 0 Å². The Hall–Kier alpha value is -3.53. The van der Waals surface area contributed by atoms with Crippen molar-refractivity contribution >= 4 is 28.2 Å². The lowest BCUT2D eigenvalue weighted by Gasteiger charge is -2.21. The molecule has 31 heavy (non-hydrogen) atoms. The number of nitrogens with two attached hydrogens (primary N) is 1. The summed E-state index contributed by atoms with van der Waals surface area (Å²) in [7, 11) is 1.44. The van der Waals surface area contributed by atoms with E-state index in [1.165, 1.54) is 13.1 Å². The van der Waals surface area contributed by atoms with E-state index in [0.29, 0.717) is 25.6 Å². The minimum atomic E-state index is -1.55. The number of benzene rings is 2. The van der Waals surface area contributed by atoms with Crippen molar-refractivity contribution in [2.45, 2.75) is 12.5 Å². The van der Waals surface area contributed by atoms with Crippen molar-refractivity contribution < 1.29 is 23.1 Å². The molecular formula is C21H19F3N4O3. The standard InChI is InChI=1S/C21H19F3N4O3/c1-26-16-6-19(15(24)5-13(16)22)28-9-12(21(30)31)20(29)11-4-14(23)18(7-17(11)28)27-3-2-10(25)8-27/h4-7,9-10,26H,2-3,8,25H2,1H3,(H,30,31). The molecule has 1 saturated heterocycles. The number of anilines is 2. The number of nitrogens with zero attached hydrogens (tertiary/aromatic N) is 2. The number of nitrogens with one attached hydrogen (secondary N) is 1. The Labute approximate surface area is 174 Å². The highest BCUT2D eigenvalue weighted by Gasteiger charge is 2.25. The van der Waals surface area contributed by atoms with E-state index in [1.54, 1.807) is 4.90 Å². The number of carboxylic acids is 1. The second kappa shape index (κ2) is 7.62. The van der Waals surface area contributed by atoms with Gasteiger partial charge in [-0.05, 0) is 24.6 Å². The third-order valence-electron chi connectivity index (χ3n) is 5.43. The summed E-state index contributed by atoms with van der Waals surface area (Å²) in [4.78, 5) is 26.0. The predicted octanol–water partition coefficient (Wildman–Crippen LogP) is 2.69. The number of aromatic carboxylic acids is 1. The maximum atomic E-state index is 14.9. The summed E-state index contributed by atoms with van der Waals surface area (Å²) >= 11 is 0. The molecule has 2 heterocycles. The molecule has 0 saturated carbocycles. The number of rotatable bonds is 4. The molecule has 2 aromatic carbocycles. The van der Waals surface area contributed by atoms with Gasteiger partial charge in [0, 0.05) is 43.8 Å². The fraction of sp³-hybridized carbons (Fsp3) is 0.238. The van der Waals surface area contributed by atoms with Crippen LogP contribution in [0, 0.1) is 17.5 Å². The Morgan fingerprint density at radius 1 is 1.13 bits per heavy atom. The molecule has 0 spiro atoms. The van der Waals surface area contributed by atoms with Crippen LogP contribution in [-0.4, -0.2) is 41.8 Å². The van der Waals surface area contributed by atoms with Crippen LogP contribution in [0.4, 0.5) is 24.5 Å². The smallest absolute Gasteiger partial charge is 0.341 e. The van der Waals surface area contributed by atoms with Crippen LogP contribution in [0.25, 0.3) is 16.6 Å². The molecular weight excluding hydrogens is 413 g/mol. The number of carboxylic acid groups (broad SMARTS) is 1. The van der Waals surface area contributed by atoms with Crippen molar-refractivity contribution in [3.63, 3.8) is 0 Å². The average Bonchev–Trinajstić information content (AvgIpc) is 3.14. The topological polar surface area (TPSA) is 101 Å². The molecule has 1 fully saturated rings. The highest BCUT2D eigenvalue weighted by molar-refractivity contribution is 5.94. The van der Waals surface area contributed by atoms with Crippen LogP contribution in [0.3, 0.4) is 0 Å². The third-order valence-corrected chi connectivity index (χ3v) is 5.43. The van der Waals surface area contributed by atoms with Gasteiger partial charge < -0.3 is 25.6 Å². The molecule has 1 unspecified atom stereocenters. The Morgan fingerprint density at radius 2 is 1.84 bits per heavy atom. The van der Waals surface area contributed by atoms with E-state index in [2.05, 4.69) is 5.32 Å². The van der Waals surface area contributed by atoms with Gasteiger partial charge in [0.1, 0.15) is 23.0 Å². The van der Waals surface area contributed by atoms with Crippen molar-refractivity contribution in [3.05, 3.63) is 63.7 Å². The first-order chi connectivity index (χ1) is 14.7. The van der Waals surface area contributed by atoms with Crippen molar-refractivity contribution in [3.8, 4) is 5.69 Å². The Kier molecular flexibility index (Phi) is 5.10. The highest BCUT2D eigenvalue weighted by Crippen LogP contribution is 2.31. The fourth-order valence-electron chi connectivity index (χ4n) is 3.85. The van der Waals surface area contributed by atoms with E-state index < -0.39 is 34.4 Å². The van der Waals surface area contributed by atoms with Crippen molar-refractivity contribution in [2.24, 2.45) is 5.73 Å². The van der Waals surface area contributed by atoms with E-state index in [9.17, 15) is 27.9 Å². The van der Waals surface area contributed by atoms with Crippen LogP contribution >= 0.6 is 0 Å². The molecule has 1 aliphatic rings. The van der Waals surface area contributed by atoms with Crippen LogP contribution in [0.15, 0.2) is 35.3 Å². The van der Waals surface area contributed by atoms with Gasteiger partial charge >= 0.3 is 5.97 Å². The number of halogens is 3. The van der Waals surface area contributed by atoms with E-state index in [4.69, 9.17) is 5.73 Å². The minimum absolute atomic E-state index is 0.0343. The second-order valence-electron chi connectivity index (χ2n) is 7.40. The summed E-state index contributed by atoms with van der Waals surface area (Å²) in [5.41, 5.74) is 4.35. The van der Waals surface area contributed by atoms with Gasteiger partial charge in [0.05, 0.1) is 22.6 Å². The molecule has 7 nitrogen and oxygen atoms in total. The van der Waals surface area contributed by atoms with Gasteiger partial charge in [0.25, 0.3) is 0 Å². The van der Waals surface area contributed by atoms with Gasteiger partial charge in [-0.3, -0.25) is 4.79 Å². The predicted molar refractivity (Wildman–Crippen MR) is 111 cm³/mol. The molecule has 162 valence electrons. The molecule has 1 aliphatic heterocycles. The number of hydrogen-bond donors (Lipinski definition) is 3. The fourth-order valence-corrected chi connectivity index (χ4v) is 3.85. The van der Waals surface area contributed by atoms with Crippen molar-refractivity contribution in [1.82, 2.24) is 4.57 Å². The Morgan fingerprint density at radius 3 is 2.45 bits per heavy atom. The molecule has 1 aromatic heterocycles. The quantitative estimate of drug-likeness (QED) is 0.586. The summed E-state index contributed by atoms with van der Waals surface area (Å²) < 4.78 is 44.7. The maximum absolute atomic E-state index is 14.9. The second-order valence-corrected chi connectivity index (χ2v) is 7.40. The molecule has 0 aliphatic carbocycles. The Bertz CT molecular complexity index is 1280. The zero-order chi connectivity index (χ0) is 22.4. The third kappa shape index (κ3) is 3.48. The lowest BCUT2D eigenvalue weighted by atomic mass is 10.1. The molecule has 4 N–H and O–H groups in total. The van der Waals surface area contributed by atoms with Crippen molar-refractivity contribution in [2.75, 3.05) is 30.4 Å². The maximum Gasteiger partial charge on any atom is 0.341 e. The summed E-state index contributed by atoms with van der Waals surface area (Å²) in [5.74, 6) is -4.09. The molecule has 1 atom stereocenters. The van der Waals surface area contributed by atoms with Gasteiger partial charge in [-0.25, -0.2) is 18.0 Å². The first kappa shape index (κ1) is 20.7. The van der Waals surface area contributed by atoms with Gasteiger partial charge in [0.15, 0.2) is 0 Å². The lowest BCUT2D eigenvalue weighted by Crippen LogP contribution is -2.27. The molecule has 0 amide bonds. The van der Waals surface area contributed by atoms with Crippen molar-refractivity contribution in [1.29, 1.82) is 0 Å². The number of aromatic nitrogens is 1. The van der Waals surface area contributed by atoms with E-state index >= 15 is 0 Å². The molecule has 10 heteroatoms. The summed E-state index contributed by atoms with van der Waals surface area (Å²) in [6, 6.07) is 3.96. The SMILES string of the molecule is CNc1cc(-n2cc(C(=O)O)c(=O)c3cc(F)c(N4CCC(N)C4)cc32)c(F)cc1F. The molecule has 0 bridgehead atoms. The average molecular weight is 432 g/mol. The van der Waals surface area contributed by atoms with Crippen LogP contribution < -0.4 is 21.4 Å². The first-order valence-corrected chi connectivity index (χ1v) is 9.51. The van der Waals surface area contributed by atoms with Gasteiger partial charge in [-0.15, -0.1) is 0 Å². The van der Waals surface area contributed by atoms with E-state index in [1.807, 2.05) is 0 Å². The van der Waals surface area contributed by atoms with Gasteiger partial charge in [-0.1, -0.05) is 0 Å². The number of hydrogen-bond acceptors (Lipinski definition) is 5. The summed E-state index contributed by atoms with van der Waals surface area (Å²) in [6.07, 6.45) is 1.61. The van der Waals surface area contributed by atoms with Crippen LogP contribution in [0.2, 0.25) is 0 Å². The minimum Gasteiger partial charge on any atom is -0.477 e. The number of fused-ring (bicyclic) bond motifs is 1. The molecule has 4 rings (SSSR count). The normalized spacial score (nSPS) is 16.2. The first-order valence-electron chi connectivity index (χ1n) is 9.51. The lowest BCUT2D eigenvalue weighted by molar-refractivity contribution is 0.0695. The number of pyridine rings is 1. The largest absolute Gasteiger partial charge is 0.477 e. The van der Waals surface area contributed by atoms with Crippen LogP contribution in [-0.2, 0) is 0 Å². The zero-order valence-corrected chi connectivity index (χ0v) is 16.5. The summed E-state index contributed by atoms with van der Waals surface area (Å²) in [6.45, 7) is 0.893. The highest BCUT2D eigenvalue weighted by atomic mass is 19.1.